The molecule has 2 aromatic rings. The second-order valence-corrected chi connectivity index (χ2v) is 9.17. The lowest BCUT2D eigenvalue weighted by Gasteiger charge is -2.31. The van der Waals surface area contributed by atoms with Gasteiger partial charge in [-0.15, -0.1) is 0 Å². The Hall–Kier alpha value is -2.99. The van der Waals surface area contributed by atoms with Gasteiger partial charge in [-0.3, -0.25) is 0 Å². The zero-order valence-corrected chi connectivity index (χ0v) is 23.1. The van der Waals surface area contributed by atoms with Crippen LogP contribution in [0.4, 0.5) is 48.3 Å². The largest absolute Gasteiger partial charge is 0.494 e. The number of hydrogen-bond donors (Lipinski definition) is 0. The van der Waals surface area contributed by atoms with Crippen LogP contribution in [0, 0.1) is 0 Å². The van der Waals surface area contributed by atoms with E-state index in [0.29, 0.717) is 29.5 Å². The molecule has 0 fully saturated rings. The Kier molecular flexibility index (Phi) is 13.4. The van der Waals surface area contributed by atoms with Crippen LogP contribution in [0.2, 0.25) is 0 Å². The maximum atomic E-state index is 13.5. The van der Waals surface area contributed by atoms with E-state index in [0.717, 1.165) is 25.7 Å². The molecule has 0 aliphatic rings. The number of benzene rings is 1. The van der Waals surface area contributed by atoms with E-state index in [1.165, 1.54) is 0 Å². The average molecular weight is 659 g/mol. The summed E-state index contributed by atoms with van der Waals surface area (Å²) in [5.74, 6) is 1.43. The van der Waals surface area contributed by atoms with Gasteiger partial charge >= 0.3 is 30.6 Å². The van der Waals surface area contributed by atoms with Crippen molar-refractivity contribution in [1.29, 1.82) is 0 Å². The number of ether oxygens (including phenoxy) is 5. The molecule has 0 bridgehead atoms. The van der Waals surface area contributed by atoms with Crippen molar-refractivity contribution in [1.82, 2.24) is 9.97 Å². The van der Waals surface area contributed by atoms with E-state index in [9.17, 15) is 48.3 Å². The zero-order valence-electron chi connectivity index (χ0n) is 23.1. The lowest BCUT2D eigenvalue weighted by Crippen LogP contribution is -2.55. The highest BCUT2D eigenvalue weighted by atomic mass is 19.4. The van der Waals surface area contributed by atoms with Crippen LogP contribution in [0.15, 0.2) is 36.7 Å². The number of unbranched alkanes of at least 4 members (excludes halogenated alkanes) is 4. The third-order valence-electron chi connectivity index (χ3n) is 5.43. The molecule has 44 heavy (non-hydrogen) atoms. The molecule has 0 spiro atoms. The molecule has 0 atom stereocenters. The van der Waals surface area contributed by atoms with Crippen LogP contribution >= 0.6 is 0 Å². The first-order chi connectivity index (χ1) is 20.4. The monoisotopic (exact) mass is 658 g/mol. The molecule has 250 valence electrons. The summed E-state index contributed by atoms with van der Waals surface area (Å²) in [4.78, 5) is 8.52. The maximum Gasteiger partial charge on any atom is 0.483 e. The van der Waals surface area contributed by atoms with Gasteiger partial charge in [-0.2, -0.15) is 48.3 Å². The smallest absolute Gasteiger partial charge is 0.483 e. The highest BCUT2D eigenvalue weighted by Gasteiger charge is 2.72. The number of nitrogens with zero attached hydrogens (tertiary/aromatic N) is 2. The SMILES string of the molecule is CCCCCCOc1cnc(-c2ccc(OCCCCOCC(F)(F)OC(F)(F)C(F)(F)OC(F)(F)C(F)(F)F)cc2)nc1. The second kappa shape index (κ2) is 15.8. The maximum absolute atomic E-state index is 13.5. The van der Waals surface area contributed by atoms with Crippen molar-refractivity contribution >= 4 is 0 Å². The van der Waals surface area contributed by atoms with Crippen LogP contribution < -0.4 is 9.47 Å². The molecule has 0 saturated carbocycles. The van der Waals surface area contributed by atoms with Gasteiger partial charge in [0.05, 0.1) is 25.6 Å². The number of hydrogen-bond acceptors (Lipinski definition) is 7. The van der Waals surface area contributed by atoms with E-state index < -0.39 is 43.8 Å². The zero-order chi connectivity index (χ0) is 33.1. The van der Waals surface area contributed by atoms with Gasteiger partial charge in [0.25, 0.3) is 0 Å². The van der Waals surface area contributed by atoms with E-state index in [1.807, 2.05) is 0 Å². The molecule has 7 nitrogen and oxygen atoms in total. The third-order valence-corrected chi connectivity index (χ3v) is 5.43. The fourth-order valence-electron chi connectivity index (χ4n) is 3.20. The second-order valence-electron chi connectivity index (χ2n) is 9.17. The standard InChI is InChI=1S/C26H29F11N2O5/c1-2-3-4-5-13-42-20-15-38-21(39-16-20)18-8-10-19(11-9-18)41-14-7-6-12-40-17-22(27,28)43-25(34,35)26(36,37)44-24(32,33)23(29,30)31/h8-11,15-16H,2-7,12-14,17H2,1H3. The molecule has 1 aromatic carbocycles. The third kappa shape index (κ3) is 11.8. The van der Waals surface area contributed by atoms with Crippen LogP contribution in [0.1, 0.15) is 45.4 Å². The summed E-state index contributed by atoms with van der Waals surface area (Å²) in [5.41, 5.74) is 0.687. The van der Waals surface area contributed by atoms with Crippen molar-refractivity contribution < 1.29 is 72.0 Å². The van der Waals surface area contributed by atoms with Gasteiger partial charge in [0.2, 0.25) is 0 Å². The molecular formula is C26H29F11N2O5. The van der Waals surface area contributed by atoms with Gasteiger partial charge < -0.3 is 14.2 Å². The number of alkyl halides is 11. The lowest BCUT2D eigenvalue weighted by atomic mass is 10.2. The summed E-state index contributed by atoms with van der Waals surface area (Å²) in [5, 5.41) is 0. The first-order valence-corrected chi connectivity index (χ1v) is 13.1. The first kappa shape index (κ1) is 37.2. The van der Waals surface area contributed by atoms with Crippen molar-refractivity contribution in [3.8, 4) is 22.9 Å². The Morgan fingerprint density at radius 1 is 0.591 bits per heavy atom. The normalized spacial score (nSPS) is 13.3. The average Bonchev–Trinajstić information content (AvgIpc) is 2.91. The number of aromatic nitrogens is 2. The van der Waals surface area contributed by atoms with Gasteiger partial charge in [0, 0.05) is 12.2 Å². The molecule has 0 aliphatic carbocycles. The molecule has 0 N–H and O–H groups in total. The summed E-state index contributed by atoms with van der Waals surface area (Å²) >= 11 is 0. The topological polar surface area (TPSA) is 71.9 Å². The van der Waals surface area contributed by atoms with Crippen LogP contribution in [0.5, 0.6) is 11.5 Å². The molecule has 1 heterocycles. The van der Waals surface area contributed by atoms with E-state index in [-0.39, 0.29) is 19.4 Å². The highest BCUT2D eigenvalue weighted by Crippen LogP contribution is 2.47. The predicted octanol–water partition coefficient (Wildman–Crippen LogP) is 8.25. The molecule has 0 saturated heterocycles. The summed E-state index contributed by atoms with van der Waals surface area (Å²) in [6.45, 7) is 0.170. The van der Waals surface area contributed by atoms with E-state index >= 15 is 0 Å². The van der Waals surface area contributed by atoms with Crippen molar-refractivity contribution in [3.63, 3.8) is 0 Å². The minimum Gasteiger partial charge on any atom is -0.494 e. The van der Waals surface area contributed by atoms with Crippen molar-refractivity contribution in [2.45, 2.75) is 76.1 Å². The van der Waals surface area contributed by atoms with Crippen molar-refractivity contribution in [2.75, 3.05) is 26.4 Å². The van der Waals surface area contributed by atoms with E-state index in [1.54, 1.807) is 41.4 Å². The Morgan fingerprint density at radius 3 is 1.68 bits per heavy atom. The van der Waals surface area contributed by atoms with Crippen molar-refractivity contribution in [3.05, 3.63) is 36.7 Å². The Labute approximate surface area is 244 Å². The highest BCUT2D eigenvalue weighted by molar-refractivity contribution is 5.56. The van der Waals surface area contributed by atoms with Crippen LogP contribution in [-0.4, -0.2) is 67.0 Å². The predicted molar refractivity (Wildman–Crippen MR) is 131 cm³/mol. The molecule has 2 rings (SSSR count). The van der Waals surface area contributed by atoms with E-state index in [2.05, 4.69) is 26.4 Å². The molecular weight excluding hydrogens is 629 g/mol. The summed E-state index contributed by atoms with van der Waals surface area (Å²) in [7, 11) is 0. The number of halogens is 11. The lowest BCUT2D eigenvalue weighted by molar-refractivity contribution is -0.537. The van der Waals surface area contributed by atoms with Crippen LogP contribution in [0.3, 0.4) is 0 Å². The van der Waals surface area contributed by atoms with Crippen molar-refractivity contribution in [2.24, 2.45) is 0 Å². The quantitative estimate of drug-likeness (QED) is 0.105. The molecule has 1 aromatic heterocycles. The number of rotatable bonds is 20. The molecule has 0 aliphatic heterocycles. The summed E-state index contributed by atoms with van der Waals surface area (Å²) < 4.78 is 161. The summed E-state index contributed by atoms with van der Waals surface area (Å²) in [6.07, 6.45) is -24.6. The van der Waals surface area contributed by atoms with Gasteiger partial charge in [-0.05, 0) is 43.5 Å². The van der Waals surface area contributed by atoms with E-state index in [4.69, 9.17) is 9.47 Å². The fourth-order valence-corrected chi connectivity index (χ4v) is 3.20. The van der Waals surface area contributed by atoms with Crippen LogP contribution in [-0.2, 0) is 14.2 Å². The Morgan fingerprint density at radius 2 is 1.11 bits per heavy atom. The Balaban J connectivity index is 1.70. The molecule has 18 heteroatoms. The molecule has 0 amide bonds. The minimum atomic E-state index is -6.84. The molecule has 0 unspecified atom stereocenters. The minimum absolute atomic E-state index is 0.0164. The van der Waals surface area contributed by atoms with Gasteiger partial charge in [0.1, 0.15) is 12.4 Å². The van der Waals surface area contributed by atoms with Crippen LogP contribution in [0.25, 0.3) is 11.4 Å². The first-order valence-electron chi connectivity index (χ1n) is 13.1. The van der Waals surface area contributed by atoms with Gasteiger partial charge in [-0.25, -0.2) is 19.4 Å². The van der Waals surface area contributed by atoms with Gasteiger partial charge in [-0.1, -0.05) is 26.2 Å². The summed E-state index contributed by atoms with van der Waals surface area (Å²) in [6, 6.07) is 6.62. The molecule has 0 radical (unpaired) electrons. The Bertz CT molecular complexity index is 1120. The fraction of sp³-hybridized carbons (Fsp3) is 0.615. The van der Waals surface area contributed by atoms with Gasteiger partial charge in [0.15, 0.2) is 11.6 Å².